The van der Waals surface area contributed by atoms with Gasteiger partial charge in [-0.15, -0.1) is 0 Å². The van der Waals surface area contributed by atoms with Crippen molar-refractivity contribution in [3.63, 3.8) is 0 Å². The van der Waals surface area contributed by atoms with Crippen molar-refractivity contribution in [2.45, 2.75) is 6.61 Å². The van der Waals surface area contributed by atoms with E-state index in [0.717, 1.165) is 5.84 Å². The van der Waals surface area contributed by atoms with Crippen molar-refractivity contribution >= 4 is 11.5 Å². The van der Waals surface area contributed by atoms with Gasteiger partial charge in [0.25, 0.3) is 5.84 Å². The lowest BCUT2D eigenvalue weighted by atomic mass is 10.2. The third-order valence-corrected chi connectivity index (χ3v) is 2.46. The molecule has 0 amide bonds. The van der Waals surface area contributed by atoms with Crippen LogP contribution >= 0.6 is 0 Å². The minimum Gasteiger partial charge on any atom is -0.364 e. The Kier molecular flexibility index (Phi) is 1.72. The monoisotopic (exact) mass is 186 g/mol. The number of rotatable bonds is 0. The highest BCUT2D eigenvalue weighted by atomic mass is 16.5. The second-order valence-corrected chi connectivity index (χ2v) is 3.33. The lowest BCUT2D eigenvalue weighted by molar-refractivity contribution is 0.160. The van der Waals surface area contributed by atoms with E-state index in [1.165, 1.54) is 11.3 Å². The lowest BCUT2D eigenvalue weighted by Gasteiger charge is -2.02. The zero-order chi connectivity index (χ0) is 9.38. The summed E-state index contributed by atoms with van der Waals surface area (Å²) in [6, 6.07) is 8.25. The molecule has 0 fully saturated rings. The number of ether oxygens (including phenoxy) is 1. The van der Waals surface area contributed by atoms with Crippen LogP contribution in [0.3, 0.4) is 0 Å². The number of para-hydroxylation sites is 1. The largest absolute Gasteiger partial charge is 0.364 e. The van der Waals surface area contributed by atoms with Gasteiger partial charge in [-0.3, -0.25) is 0 Å². The van der Waals surface area contributed by atoms with Gasteiger partial charge < -0.3 is 4.74 Å². The van der Waals surface area contributed by atoms with Crippen LogP contribution in [0.1, 0.15) is 5.56 Å². The predicted molar refractivity (Wildman–Crippen MR) is 54.5 cm³/mol. The van der Waals surface area contributed by atoms with E-state index in [0.29, 0.717) is 13.2 Å². The first-order valence-corrected chi connectivity index (χ1v) is 4.63. The topological polar surface area (TPSA) is 27.5 Å². The number of fused-ring (bicyclic) bond motifs is 3. The first-order valence-electron chi connectivity index (χ1n) is 4.63. The SMILES string of the molecule is C1=C[N+]2C(=N1)COCc1ccccc12. The van der Waals surface area contributed by atoms with E-state index in [4.69, 9.17) is 4.74 Å². The lowest BCUT2D eigenvalue weighted by Crippen LogP contribution is -2.25. The summed E-state index contributed by atoms with van der Waals surface area (Å²) < 4.78 is 5.52. The summed E-state index contributed by atoms with van der Waals surface area (Å²) in [5.74, 6) is 0.968. The van der Waals surface area contributed by atoms with Crippen LogP contribution in [-0.4, -0.2) is 12.4 Å². The molecule has 0 aliphatic carbocycles. The molecule has 3 heteroatoms. The number of aliphatic imine (C=N–C) groups is 1. The zero-order valence-corrected chi connectivity index (χ0v) is 7.68. The predicted octanol–water partition coefficient (Wildman–Crippen LogP) is 1.87. The second-order valence-electron chi connectivity index (χ2n) is 3.33. The number of hydrogen-bond acceptors (Lipinski definition) is 3. The van der Waals surface area contributed by atoms with E-state index in [9.17, 15) is 0 Å². The van der Waals surface area contributed by atoms with Gasteiger partial charge in [-0.25, -0.2) is 0 Å². The molecule has 1 aromatic carbocycles. The molecule has 0 spiro atoms. The Morgan fingerprint density at radius 2 is 2.14 bits per heavy atom. The molecule has 0 aromatic heterocycles. The molecule has 1 radical (unpaired) electrons. The summed E-state index contributed by atoms with van der Waals surface area (Å²) in [5, 5.41) is 0. The van der Waals surface area contributed by atoms with Gasteiger partial charge in [-0.1, -0.05) is 18.2 Å². The molecule has 0 saturated heterocycles. The number of amidine groups is 1. The molecule has 2 aliphatic heterocycles. The first-order chi connectivity index (χ1) is 6.95. The van der Waals surface area contributed by atoms with E-state index >= 15 is 0 Å². The zero-order valence-electron chi connectivity index (χ0n) is 7.68. The average molecular weight is 186 g/mol. The van der Waals surface area contributed by atoms with Crippen LogP contribution in [-0.2, 0) is 11.3 Å². The van der Waals surface area contributed by atoms with Gasteiger partial charge in [0, 0.05) is 11.6 Å². The van der Waals surface area contributed by atoms with Gasteiger partial charge in [0.15, 0.2) is 11.9 Å². The van der Waals surface area contributed by atoms with Gasteiger partial charge in [0.2, 0.25) is 0 Å². The summed E-state index contributed by atoms with van der Waals surface area (Å²) in [6.07, 6.45) is 3.78. The molecule has 0 saturated carbocycles. The minimum atomic E-state index is 0.585. The molecule has 3 rings (SSSR count). The Hall–Kier alpha value is -1.45. The number of anilines is 1. The normalized spacial score (nSPS) is 19.9. The molecule has 3 nitrogen and oxygen atoms in total. The first kappa shape index (κ1) is 7.91. The summed E-state index contributed by atoms with van der Waals surface area (Å²) in [7, 11) is 0. The molecule has 2 heterocycles. The summed E-state index contributed by atoms with van der Waals surface area (Å²) in [6.45, 7) is 1.25. The van der Waals surface area contributed by atoms with Crippen molar-refractivity contribution in [1.29, 1.82) is 0 Å². The molecule has 14 heavy (non-hydrogen) atoms. The molecule has 1 aromatic rings. The van der Waals surface area contributed by atoms with E-state index in [1.807, 2.05) is 18.3 Å². The summed E-state index contributed by atoms with van der Waals surface area (Å²) in [5.41, 5.74) is 2.39. The fraction of sp³-hybridized carbons (Fsp3) is 0.182. The van der Waals surface area contributed by atoms with Crippen molar-refractivity contribution in [2.24, 2.45) is 4.99 Å². The smallest absolute Gasteiger partial charge is 0.289 e. The van der Waals surface area contributed by atoms with E-state index in [1.54, 1.807) is 6.20 Å². The molecule has 69 valence electrons. The van der Waals surface area contributed by atoms with E-state index in [2.05, 4.69) is 22.0 Å². The van der Waals surface area contributed by atoms with Crippen LogP contribution in [0.25, 0.3) is 0 Å². The maximum Gasteiger partial charge on any atom is 0.289 e. The van der Waals surface area contributed by atoms with Gasteiger partial charge >= 0.3 is 0 Å². The molecule has 2 aliphatic rings. The van der Waals surface area contributed by atoms with Crippen LogP contribution in [0.2, 0.25) is 0 Å². The van der Waals surface area contributed by atoms with Crippen LogP contribution in [0.5, 0.6) is 0 Å². The highest BCUT2D eigenvalue weighted by Crippen LogP contribution is 2.26. The Morgan fingerprint density at radius 3 is 3.14 bits per heavy atom. The maximum absolute atomic E-state index is 5.52. The number of benzene rings is 1. The minimum absolute atomic E-state index is 0.585. The van der Waals surface area contributed by atoms with Gasteiger partial charge in [0.05, 0.1) is 12.8 Å². The summed E-state index contributed by atoms with van der Waals surface area (Å²) in [4.78, 5) is 6.34. The maximum atomic E-state index is 5.52. The molecule has 0 unspecified atom stereocenters. The van der Waals surface area contributed by atoms with E-state index < -0.39 is 0 Å². The highest BCUT2D eigenvalue weighted by Gasteiger charge is 2.32. The highest BCUT2D eigenvalue weighted by molar-refractivity contribution is 5.94. The second kappa shape index (κ2) is 3.04. The average Bonchev–Trinajstić information content (AvgIpc) is 2.61. The van der Waals surface area contributed by atoms with Gasteiger partial charge in [-0.2, -0.15) is 4.99 Å². The van der Waals surface area contributed by atoms with Gasteiger partial charge in [0.1, 0.15) is 6.61 Å². The molecule has 0 N–H and O–H groups in total. The van der Waals surface area contributed by atoms with Crippen molar-refractivity contribution in [2.75, 3.05) is 6.61 Å². The molecule has 0 atom stereocenters. The number of hydrogen-bond donors (Lipinski definition) is 0. The molecule has 0 bridgehead atoms. The van der Waals surface area contributed by atoms with Crippen molar-refractivity contribution in [1.82, 2.24) is 4.90 Å². The fourth-order valence-electron chi connectivity index (χ4n) is 1.78. The Morgan fingerprint density at radius 1 is 1.21 bits per heavy atom. The van der Waals surface area contributed by atoms with E-state index in [-0.39, 0.29) is 0 Å². The third-order valence-electron chi connectivity index (χ3n) is 2.46. The van der Waals surface area contributed by atoms with Crippen LogP contribution in [0.15, 0.2) is 41.7 Å². The quantitative estimate of drug-likeness (QED) is 0.568. The Balaban J connectivity index is 2.14. The van der Waals surface area contributed by atoms with Crippen molar-refractivity contribution < 1.29 is 4.74 Å². The van der Waals surface area contributed by atoms with Crippen LogP contribution in [0.4, 0.5) is 5.69 Å². The standard InChI is InChI=1S/C11H10N2O/c1-2-4-10-9(3-1)7-14-8-11-12-5-6-13(10)11/h1-6H,7-8H2/q+1. The third kappa shape index (κ3) is 1.10. The number of nitrogens with zero attached hydrogens (tertiary/aromatic N) is 2. The van der Waals surface area contributed by atoms with Crippen molar-refractivity contribution in [3.8, 4) is 0 Å². The fourth-order valence-corrected chi connectivity index (χ4v) is 1.78. The molecular weight excluding hydrogens is 176 g/mol. The Labute approximate surface area is 82.3 Å². The Bertz CT molecular complexity index is 423. The van der Waals surface area contributed by atoms with Gasteiger partial charge in [-0.05, 0) is 4.90 Å². The van der Waals surface area contributed by atoms with Crippen molar-refractivity contribution in [3.05, 3.63) is 42.2 Å². The molecular formula is C11H10N2O+. The van der Waals surface area contributed by atoms with Crippen LogP contribution < -0.4 is 4.90 Å². The summed E-state index contributed by atoms with van der Waals surface area (Å²) >= 11 is 0. The van der Waals surface area contributed by atoms with Crippen LogP contribution in [0, 0.1) is 0 Å².